The Morgan fingerprint density at radius 3 is 2.88 bits per heavy atom. The molecular formula is C12H26N2O2. The number of unbranched alkanes of at least 4 members (excludes halogenated alkanes) is 1. The molecule has 4 nitrogen and oxygen atoms in total. The lowest BCUT2D eigenvalue weighted by molar-refractivity contribution is 0.0236. The Morgan fingerprint density at radius 2 is 2.25 bits per heavy atom. The maximum absolute atomic E-state index is 9.03. The summed E-state index contributed by atoms with van der Waals surface area (Å²) in [6.45, 7) is 6.76. The first kappa shape index (κ1) is 13.9. The summed E-state index contributed by atoms with van der Waals surface area (Å²) in [6, 6.07) is 0.261. The van der Waals surface area contributed by atoms with Gasteiger partial charge in [0, 0.05) is 31.7 Å². The molecule has 0 amide bonds. The van der Waals surface area contributed by atoms with Crippen molar-refractivity contribution in [2.45, 2.75) is 32.2 Å². The topological polar surface area (TPSA) is 58.7 Å². The van der Waals surface area contributed by atoms with Crippen molar-refractivity contribution in [2.24, 2.45) is 11.7 Å². The summed E-state index contributed by atoms with van der Waals surface area (Å²) in [7, 11) is 0. The highest BCUT2D eigenvalue weighted by molar-refractivity contribution is 4.79. The molecule has 1 aliphatic rings. The van der Waals surface area contributed by atoms with Gasteiger partial charge in [-0.15, -0.1) is 0 Å². The average molecular weight is 230 g/mol. The summed E-state index contributed by atoms with van der Waals surface area (Å²) in [4.78, 5) is 2.31. The molecule has 1 fully saturated rings. The Hall–Kier alpha value is -0.160. The molecule has 1 aliphatic heterocycles. The van der Waals surface area contributed by atoms with Gasteiger partial charge in [-0.2, -0.15) is 0 Å². The van der Waals surface area contributed by atoms with Crippen LogP contribution < -0.4 is 5.73 Å². The van der Waals surface area contributed by atoms with Crippen molar-refractivity contribution in [2.75, 3.05) is 39.5 Å². The van der Waals surface area contributed by atoms with Crippen molar-refractivity contribution in [3.8, 4) is 0 Å². The number of hydrogen-bond donors (Lipinski definition) is 2. The molecule has 0 aliphatic carbocycles. The molecule has 1 rings (SSSR count). The number of hydrogen-bond acceptors (Lipinski definition) is 4. The molecule has 0 radical (unpaired) electrons. The predicted molar refractivity (Wildman–Crippen MR) is 65.3 cm³/mol. The van der Waals surface area contributed by atoms with Crippen molar-refractivity contribution < 1.29 is 9.84 Å². The highest BCUT2D eigenvalue weighted by Gasteiger charge is 2.24. The molecule has 2 atom stereocenters. The fraction of sp³-hybridized carbons (Fsp3) is 1.00. The van der Waals surface area contributed by atoms with Crippen molar-refractivity contribution in [3.05, 3.63) is 0 Å². The van der Waals surface area contributed by atoms with E-state index in [4.69, 9.17) is 15.6 Å². The number of nitrogens with zero attached hydrogens (tertiary/aromatic N) is 1. The van der Waals surface area contributed by atoms with E-state index in [1.807, 2.05) is 0 Å². The molecule has 0 spiro atoms. The number of aliphatic hydroxyl groups excluding tert-OH is 1. The van der Waals surface area contributed by atoms with Crippen LogP contribution in [-0.2, 0) is 4.74 Å². The summed E-state index contributed by atoms with van der Waals surface area (Å²) in [5.41, 5.74) is 6.08. The molecule has 0 bridgehead atoms. The van der Waals surface area contributed by atoms with Crippen molar-refractivity contribution >= 4 is 0 Å². The van der Waals surface area contributed by atoms with Crippen LogP contribution in [0, 0.1) is 5.92 Å². The minimum absolute atomic E-state index is 0.229. The maximum atomic E-state index is 9.03. The monoisotopic (exact) mass is 230 g/mol. The van der Waals surface area contributed by atoms with E-state index in [9.17, 15) is 0 Å². The highest BCUT2D eigenvalue weighted by atomic mass is 16.5. The molecule has 16 heavy (non-hydrogen) atoms. The van der Waals surface area contributed by atoms with Crippen LogP contribution >= 0.6 is 0 Å². The van der Waals surface area contributed by atoms with E-state index >= 15 is 0 Å². The molecule has 0 aromatic rings. The van der Waals surface area contributed by atoms with E-state index < -0.39 is 0 Å². The minimum atomic E-state index is 0.229. The van der Waals surface area contributed by atoms with E-state index in [1.54, 1.807) is 0 Å². The Balaban J connectivity index is 2.33. The van der Waals surface area contributed by atoms with Gasteiger partial charge in [-0.3, -0.25) is 0 Å². The van der Waals surface area contributed by atoms with E-state index in [0.717, 1.165) is 39.3 Å². The van der Waals surface area contributed by atoms with Gasteiger partial charge in [-0.05, 0) is 19.4 Å². The second kappa shape index (κ2) is 8.01. The van der Waals surface area contributed by atoms with Crippen molar-refractivity contribution in [3.63, 3.8) is 0 Å². The van der Waals surface area contributed by atoms with Crippen molar-refractivity contribution in [1.82, 2.24) is 4.90 Å². The number of rotatable bonds is 7. The van der Waals surface area contributed by atoms with Gasteiger partial charge in [0.25, 0.3) is 0 Å². The Labute approximate surface area is 98.8 Å². The second-order valence-electron chi connectivity index (χ2n) is 4.67. The van der Waals surface area contributed by atoms with Crippen LogP contribution in [0.25, 0.3) is 0 Å². The average Bonchev–Trinajstić information content (AvgIpc) is 2.29. The zero-order valence-electron chi connectivity index (χ0n) is 10.4. The van der Waals surface area contributed by atoms with Crippen LogP contribution in [-0.4, -0.2) is 55.5 Å². The molecule has 1 saturated heterocycles. The highest BCUT2D eigenvalue weighted by Crippen LogP contribution is 2.14. The van der Waals surface area contributed by atoms with Crippen LogP contribution in [0.3, 0.4) is 0 Å². The zero-order valence-corrected chi connectivity index (χ0v) is 10.4. The van der Waals surface area contributed by atoms with Gasteiger partial charge in [-0.1, -0.05) is 13.3 Å². The molecule has 2 unspecified atom stereocenters. The summed E-state index contributed by atoms with van der Waals surface area (Å²) in [5, 5.41) is 9.03. The first-order valence-electron chi connectivity index (χ1n) is 6.44. The van der Waals surface area contributed by atoms with Gasteiger partial charge in [0.2, 0.25) is 0 Å². The van der Waals surface area contributed by atoms with Gasteiger partial charge >= 0.3 is 0 Å². The predicted octanol–water partition coefficient (Wildman–Crippen LogP) is 0.445. The molecule has 1 heterocycles. The Bertz CT molecular complexity index is 178. The third kappa shape index (κ3) is 4.78. The van der Waals surface area contributed by atoms with Crippen LogP contribution in [0.4, 0.5) is 0 Å². The molecular weight excluding hydrogens is 204 g/mol. The van der Waals surface area contributed by atoms with Gasteiger partial charge in [-0.25, -0.2) is 0 Å². The SMILES string of the molecule is CCCCN(CCO)CC1COCCC1N. The minimum Gasteiger partial charge on any atom is -0.395 e. The summed E-state index contributed by atoms with van der Waals surface area (Å²) in [5.74, 6) is 0.428. The van der Waals surface area contributed by atoms with E-state index in [2.05, 4.69) is 11.8 Å². The summed E-state index contributed by atoms with van der Waals surface area (Å²) < 4.78 is 5.47. The molecule has 0 aromatic carbocycles. The molecule has 3 N–H and O–H groups in total. The Morgan fingerprint density at radius 1 is 1.44 bits per heavy atom. The van der Waals surface area contributed by atoms with Gasteiger partial charge in [0.15, 0.2) is 0 Å². The molecule has 0 saturated carbocycles. The smallest absolute Gasteiger partial charge is 0.0558 e. The standard InChI is InChI=1S/C12H26N2O2/c1-2-3-5-14(6-7-15)9-11-10-16-8-4-12(11)13/h11-12,15H,2-10,13H2,1H3. The third-order valence-electron chi connectivity index (χ3n) is 3.27. The fourth-order valence-electron chi connectivity index (χ4n) is 2.15. The molecule has 0 aromatic heterocycles. The van der Waals surface area contributed by atoms with Gasteiger partial charge in [0.1, 0.15) is 0 Å². The number of aliphatic hydroxyl groups is 1. The molecule has 96 valence electrons. The van der Waals surface area contributed by atoms with Gasteiger partial charge < -0.3 is 20.5 Å². The summed E-state index contributed by atoms with van der Waals surface area (Å²) >= 11 is 0. The normalized spacial score (nSPS) is 26.2. The first-order chi connectivity index (χ1) is 7.77. The fourth-order valence-corrected chi connectivity index (χ4v) is 2.15. The lowest BCUT2D eigenvalue weighted by Crippen LogP contribution is -2.46. The largest absolute Gasteiger partial charge is 0.395 e. The van der Waals surface area contributed by atoms with E-state index in [1.165, 1.54) is 12.8 Å². The van der Waals surface area contributed by atoms with E-state index in [0.29, 0.717) is 5.92 Å². The second-order valence-corrected chi connectivity index (χ2v) is 4.67. The molecule has 4 heteroatoms. The quantitative estimate of drug-likeness (QED) is 0.666. The lowest BCUT2D eigenvalue weighted by atomic mass is 9.96. The Kier molecular flexibility index (Phi) is 6.96. The third-order valence-corrected chi connectivity index (χ3v) is 3.27. The van der Waals surface area contributed by atoms with Crippen LogP contribution in [0.15, 0.2) is 0 Å². The maximum Gasteiger partial charge on any atom is 0.0558 e. The first-order valence-corrected chi connectivity index (χ1v) is 6.44. The number of nitrogens with two attached hydrogens (primary N) is 1. The van der Waals surface area contributed by atoms with Crippen molar-refractivity contribution in [1.29, 1.82) is 0 Å². The van der Waals surface area contributed by atoms with Gasteiger partial charge in [0.05, 0.1) is 13.2 Å². The van der Waals surface area contributed by atoms with Crippen LogP contribution in [0.5, 0.6) is 0 Å². The lowest BCUT2D eigenvalue weighted by Gasteiger charge is -2.33. The van der Waals surface area contributed by atoms with Crippen LogP contribution in [0.1, 0.15) is 26.2 Å². The van der Waals surface area contributed by atoms with E-state index in [-0.39, 0.29) is 12.6 Å². The van der Waals surface area contributed by atoms with Crippen LogP contribution in [0.2, 0.25) is 0 Å². The zero-order chi connectivity index (χ0) is 11.8. The summed E-state index contributed by atoms with van der Waals surface area (Å²) in [6.07, 6.45) is 3.34. The number of ether oxygens (including phenoxy) is 1.